The van der Waals surface area contributed by atoms with Gasteiger partial charge in [0.05, 0.1) is 23.2 Å². The van der Waals surface area contributed by atoms with Gasteiger partial charge in [-0.3, -0.25) is 24.0 Å². The normalized spacial score (nSPS) is 10.7. The molecule has 29 heavy (non-hydrogen) atoms. The van der Waals surface area contributed by atoms with Crippen molar-refractivity contribution in [1.82, 2.24) is 15.0 Å². The maximum Gasteiger partial charge on any atom is 0.280 e. The van der Waals surface area contributed by atoms with Crippen LogP contribution < -0.4 is 16.4 Å². The highest BCUT2D eigenvalue weighted by atomic mass is 19.1. The van der Waals surface area contributed by atoms with Gasteiger partial charge in [-0.1, -0.05) is 11.2 Å². The van der Waals surface area contributed by atoms with Crippen LogP contribution in [0.15, 0.2) is 46.5 Å². The predicted octanol–water partition coefficient (Wildman–Crippen LogP) is 2.55. The molecular formula is C19H18FN5O4. The van der Waals surface area contributed by atoms with Gasteiger partial charge in [-0.25, -0.2) is 9.87 Å². The average Bonchev–Trinajstić information content (AvgIpc) is 2.71. The molecule has 0 unspecified atom stereocenters. The summed E-state index contributed by atoms with van der Waals surface area (Å²) in [6, 6.07) is 7.64. The molecule has 0 saturated heterocycles. The molecular weight excluding hydrogens is 381 g/mol. The van der Waals surface area contributed by atoms with Gasteiger partial charge in [0.15, 0.2) is 0 Å². The molecule has 0 spiro atoms. The van der Waals surface area contributed by atoms with Crippen LogP contribution in [-0.2, 0) is 11.9 Å². The van der Waals surface area contributed by atoms with Crippen LogP contribution in [0.4, 0.5) is 15.9 Å². The van der Waals surface area contributed by atoms with E-state index in [4.69, 9.17) is 4.84 Å². The third-order valence-corrected chi connectivity index (χ3v) is 4.21. The number of pyridine rings is 2. The Bertz CT molecular complexity index is 1150. The average molecular weight is 399 g/mol. The van der Waals surface area contributed by atoms with E-state index < -0.39 is 17.3 Å². The highest BCUT2D eigenvalue weighted by Crippen LogP contribution is 2.26. The fourth-order valence-electron chi connectivity index (χ4n) is 2.80. The lowest BCUT2D eigenvalue weighted by molar-refractivity contribution is 0.0345. The van der Waals surface area contributed by atoms with Crippen molar-refractivity contribution in [3.8, 4) is 0 Å². The zero-order chi connectivity index (χ0) is 21.0. The molecule has 0 fully saturated rings. The molecule has 0 bridgehead atoms. The summed E-state index contributed by atoms with van der Waals surface area (Å²) in [5.74, 6) is -1.22. The van der Waals surface area contributed by atoms with Crippen molar-refractivity contribution >= 4 is 28.3 Å². The van der Waals surface area contributed by atoms with Gasteiger partial charge in [0.25, 0.3) is 11.5 Å². The highest BCUT2D eigenvalue weighted by Gasteiger charge is 2.23. The number of hydroxylamine groups is 1. The third kappa shape index (κ3) is 4.11. The molecule has 2 N–H and O–H groups in total. The third-order valence-electron chi connectivity index (χ3n) is 4.21. The fourth-order valence-corrected chi connectivity index (χ4v) is 2.80. The second-order valence-corrected chi connectivity index (χ2v) is 6.23. The molecule has 3 aromatic rings. The second kappa shape index (κ2) is 8.57. The van der Waals surface area contributed by atoms with Crippen molar-refractivity contribution in [2.24, 2.45) is 12.2 Å². The number of aryl methyl sites for hydroxylation is 1. The van der Waals surface area contributed by atoms with Gasteiger partial charge in [0, 0.05) is 13.2 Å². The monoisotopic (exact) mass is 399 g/mol. The van der Waals surface area contributed by atoms with Crippen LogP contribution in [0.1, 0.15) is 15.9 Å². The standard InChI is InChI=1S/C19H18FN5O4/c1-11-5-6-14(13(20)10-11)23-17-15(18(26)24-29-9-8-22-28)16-12(4-3-7-21-16)19(27)25(17)2/h3-7,10,23H,8-9H2,1-2H3,(H,24,26). The number of anilines is 2. The molecule has 3 rings (SSSR count). The Morgan fingerprint density at radius 1 is 1.34 bits per heavy atom. The molecule has 2 aromatic heterocycles. The van der Waals surface area contributed by atoms with Gasteiger partial charge in [0.1, 0.15) is 23.7 Å². The van der Waals surface area contributed by atoms with Crippen molar-refractivity contribution in [2.45, 2.75) is 6.92 Å². The minimum absolute atomic E-state index is 0.0123. The molecule has 9 nitrogen and oxygen atoms in total. The van der Waals surface area contributed by atoms with Crippen LogP contribution in [0.25, 0.3) is 10.9 Å². The molecule has 150 valence electrons. The van der Waals surface area contributed by atoms with Crippen molar-refractivity contribution in [1.29, 1.82) is 0 Å². The highest BCUT2D eigenvalue weighted by molar-refractivity contribution is 6.09. The molecule has 0 aliphatic heterocycles. The van der Waals surface area contributed by atoms with E-state index in [-0.39, 0.29) is 41.1 Å². The number of nitrogens with one attached hydrogen (secondary N) is 2. The predicted molar refractivity (Wildman–Crippen MR) is 105 cm³/mol. The minimum atomic E-state index is -0.717. The molecule has 1 aromatic carbocycles. The summed E-state index contributed by atoms with van der Waals surface area (Å²) in [5.41, 5.74) is 2.70. The Balaban J connectivity index is 2.14. The Morgan fingerprint density at radius 2 is 2.14 bits per heavy atom. The number of benzene rings is 1. The first-order valence-electron chi connectivity index (χ1n) is 8.66. The van der Waals surface area contributed by atoms with Gasteiger partial charge >= 0.3 is 0 Å². The first-order chi connectivity index (χ1) is 13.9. The van der Waals surface area contributed by atoms with E-state index >= 15 is 0 Å². The summed E-state index contributed by atoms with van der Waals surface area (Å²) in [6.07, 6.45) is 1.44. The summed E-state index contributed by atoms with van der Waals surface area (Å²) in [7, 11) is 1.46. The Hall–Kier alpha value is -3.66. The zero-order valence-electron chi connectivity index (χ0n) is 15.7. The van der Waals surface area contributed by atoms with Crippen molar-refractivity contribution in [3.05, 3.63) is 68.7 Å². The lowest BCUT2D eigenvalue weighted by atomic mass is 10.1. The van der Waals surface area contributed by atoms with Crippen molar-refractivity contribution in [2.75, 3.05) is 18.5 Å². The molecule has 0 atom stereocenters. The number of carbonyl (C=O) groups is 1. The van der Waals surface area contributed by atoms with E-state index in [1.807, 2.05) is 0 Å². The first-order valence-corrected chi connectivity index (χ1v) is 8.66. The van der Waals surface area contributed by atoms with Gasteiger partial charge < -0.3 is 5.32 Å². The van der Waals surface area contributed by atoms with Crippen LogP contribution >= 0.6 is 0 Å². The van der Waals surface area contributed by atoms with Crippen LogP contribution in [0.3, 0.4) is 0 Å². The van der Waals surface area contributed by atoms with Gasteiger partial charge in [-0.15, -0.1) is 0 Å². The van der Waals surface area contributed by atoms with Crippen LogP contribution in [-0.4, -0.2) is 28.6 Å². The van der Waals surface area contributed by atoms with Gasteiger partial charge in [0.2, 0.25) is 0 Å². The molecule has 0 saturated carbocycles. The summed E-state index contributed by atoms with van der Waals surface area (Å²) >= 11 is 0. The number of fused-ring (bicyclic) bond motifs is 1. The molecule has 0 radical (unpaired) electrons. The van der Waals surface area contributed by atoms with E-state index in [1.54, 1.807) is 19.1 Å². The molecule has 1 amide bonds. The zero-order valence-corrected chi connectivity index (χ0v) is 15.7. The number of carbonyl (C=O) groups excluding carboxylic acids is 1. The van der Waals surface area contributed by atoms with Crippen LogP contribution in [0, 0.1) is 17.6 Å². The fraction of sp³-hybridized carbons (Fsp3) is 0.211. The number of aromatic nitrogens is 2. The number of rotatable bonds is 7. The molecule has 0 aliphatic carbocycles. The summed E-state index contributed by atoms with van der Waals surface area (Å²) < 4.78 is 15.6. The quantitative estimate of drug-likeness (QED) is 0.358. The van der Waals surface area contributed by atoms with E-state index in [0.717, 1.165) is 5.56 Å². The van der Waals surface area contributed by atoms with Crippen LogP contribution in [0.2, 0.25) is 0 Å². The summed E-state index contributed by atoms with van der Waals surface area (Å²) in [6.45, 7) is 1.47. The maximum absolute atomic E-state index is 14.4. The van der Waals surface area contributed by atoms with Crippen LogP contribution in [0.5, 0.6) is 0 Å². The number of halogens is 1. The number of hydrogen-bond donors (Lipinski definition) is 2. The second-order valence-electron chi connectivity index (χ2n) is 6.23. The smallest absolute Gasteiger partial charge is 0.280 e. The van der Waals surface area contributed by atoms with E-state index in [1.165, 1.54) is 36.0 Å². The van der Waals surface area contributed by atoms with E-state index in [9.17, 15) is 18.9 Å². The summed E-state index contributed by atoms with van der Waals surface area (Å²) in [4.78, 5) is 44.8. The SMILES string of the molecule is Cc1ccc(Nc2c(C(=O)NOCCN=O)c3ncccc3c(=O)n2C)c(F)c1. The largest absolute Gasteiger partial charge is 0.338 e. The minimum Gasteiger partial charge on any atom is -0.338 e. The van der Waals surface area contributed by atoms with E-state index in [0.29, 0.717) is 0 Å². The van der Waals surface area contributed by atoms with Gasteiger partial charge in [-0.2, -0.15) is 4.91 Å². The maximum atomic E-state index is 14.4. The van der Waals surface area contributed by atoms with E-state index in [2.05, 4.69) is 21.0 Å². The number of amides is 1. The first kappa shape index (κ1) is 20.1. The Kier molecular flexibility index (Phi) is 5.93. The summed E-state index contributed by atoms with van der Waals surface area (Å²) in [5, 5.41) is 5.66. The molecule has 2 heterocycles. The lowest BCUT2D eigenvalue weighted by Crippen LogP contribution is -2.30. The number of hydrogen-bond acceptors (Lipinski definition) is 7. The molecule has 0 aliphatic rings. The van der Waals surface area contributed by atoms with Gasteiger partial charge in [-0.05, 0) is 36.8 Å². The molecule has 10 heteroatoms. The lowest BCUT2D eigenvalue weighted by Gasteiger charge is -2.18. The Labute approximate surface area is 164 Å². The topological polar surface area (TPSA) is 115 Å². The number of nitroso groups, excluding NO2 is 1. The van der Waals surface area contributed by atoms with Crippen molar-refractivity contribution < 1.29 is 14.0 Å². The number of nitrogens with zero attached hydrogens (tertiary/aromatic N) is 3. The van der Waals surface area contributed by atoms with Crippen molar-refractivity contribution in [3.63, 3.8) is 0 Å². The Morgan fingerprint density at radius 3 is 2.86 bits per heavy atom.